The lowest BCUT2D eigenvalue weighted by Crippen LogP contribution is -1.95. The lowest BCUT2D eigenvalue weighted by molar-refractivity contribution is 1.18. The molecule has 14 aromatic carbocycles. The zero-order valence-corrected chi connectivity index (χ0v) is 49.1. The Labute approximate surface area is 521 Å². The lowest BCUT2D eigenvalue weighted by atomic mass is 9.85. The van der Waals surface area contributed by atoms with Gasteiger partial charge in [0.05, 0.1) is 22.1 Å². The molecule has 4 nitrogen and oxygen atoms in total. The van der Waals surface area contributed by atoms with Gasteiger partial charge < -0.3 is 9.13 Å². The van der Waals surface area contributed by atoms with E-state index in [4.69, 9.17) is 0 Å². The van der Waals surface area contributed by atoms with Crippen molar-refractivity contribution in [3.63, 3.8) is 0 Å². The molecule has 0 aliphatic heterocycles. The van der Waals surface area contributed by atoms with Crippen molar-refractivity contribution in [3.8, 4) is 78.1 Å². The fourth-order valence-electron chi connectivity index (χ4n) is 14.3. The van der Waals surface area contributed by atoms with E-state index in [9.17, 15) is 0 Å². The maximum absolute atomic E-state index is 4.22. The molecule has 0 radical (unpaired) electrons. The summed E-state index contributed by atoms with van der Waals surface area (Å²) in [6.45, 7) is 0. The first kappa shape index (κ1) is 52.4. The van der Waals surface area contributed by atoms with Crippen LogP contribution >= 0.6 is 0 Å². The Morgan fingerprint density at radius 2 is 0.411 bits per heavy atom. The minimum Gasteiger partial charge on any atom is -0.309 e. The zero-order chi connectivity index (χ0) is 59.5. The number of benzene rings is 14. The molecule has 0 atom stereocenters. The van der Waals surface area contributed by atoms with E-state index in [0.29, 0.717) is 0 Å². The number of aromatic nitrogens is 4. The molecule has 0 amide bonds. The normalized spacial score (nSPS) is 11.6. The maximum atomic E-state index is 4.22. The highest BCUT2D eigenvalue weighted by Crippen LogP contribution is 2.47. The van der Waals surface area contributed by atoms with Crippen molar-refractivity contribution in [2.75, 3.05) is 0 Å². The molecule has 4 aromatic heterocycles. The number of hydrogen-bond donors (Lipinski definition) is 0. The SMILES string of the molecule is c1cc(-c2c3ccccc3c(-c3ccc(-c4ccncc4)cc3)c3ccccc23)cc(-n2c3ccccc3c3ccccc32)c1.c1cc(-c2ccncc2)cc(-c2c3ccccc3c(-c3cccc(-n4c5ccccc5c5ccccc54)c3)c3ccccc23)c1. The summed E-state index contributed by atoms with van der Waals surface area (Å²) in [6, 6.07) is 114. The van der Waals surface area contributed by atoms with Crippen molar-refractivity contribution >= 4 is 86.7 Å². The molecule has 0 fully saturated rings. The standard InChI is InChI=1S/2C43H28N2/c1-3-19-38-36(17-1)42(31-12-9-11-30(27-31)29-23-25-44-26-24-29)37-18-2-4-20-39(37)43(38)32-13-10-14-33(28-32)45-40-21-7-5-15-34(40)35-16-6-8-22-41(35)45;1-3-16-38-36(14-1)42(31-22-20-29(21-23-31)30-24-26-44-27-25-30)37-15-2-4-17-39(37)43(38)32-10-9-11-33(28-32)45-40-18-7-5-12-34(40)35-13-6-8-19-41(35)45/h2*1-28H. The molecule has 0 bridgehead atoms. The van der Waals surface area contributed by atoms with Crippen molar-refractivity contribution in [1.29, 1.82) is 0 Å². The summed E-state index contributed by atoms with van der Waals surface area (Å²) in [7, 11) is 0. The Morgan fingerprint density at radius 3 is 0.756 bits per heavy atom. The van der Waals surface area contributed by atoms with Crippen LogP contribution in [0.5, 0.6) is 0 Å². The van der Waals surface area contributed by atoms with Gasteiger partial charge in [0.2, 0.25) is 0 Å². The van der Waals surface area contributed by atoms with Crippen LogP contribution in [-0.4, -0.2) is 19.1 Å². The molecule has 90 heavy (non-hydrogen) atoms. The molecule has 420 valence electrons. The van der Waals surface area contributed by atoms with E-state index in [1.807, 2.05) is 24.8 Å². The Kier molecular flexibility index (Phi) is 12.8. The molecule has 4 heterocycles. The molecule has 18 rings (SSSR count). The summed E-state index contributed by atoms with van der Waals surface area (Å²) >= 11 is 0. The van der Waals surface area contributed by atoms with E-state index in [2.05, 4.69) is 335 Å². The van der Waals surface area contributed by atoms with Gasteiger partial charge >= 0.3 is 0 Å². The Hall–Kier alpha value is -12.0. The fraction of sp³-hybridized carbons (Fsp3) is 0. The van der Waals surface area contributed by atoms with Crippen LogP contribution in [0.1, 0.15) is 0 Å². The van der Waals surface area contributed by atoms with Gasteiger partial charge in [-0.05, 0) is 189 Å². The molecule has 4 heteroatoms. The minimum absolute atomic E-state index is 1.16. The number of hydrogen-bond acceptors (Lipinski definition) is 2. The molecule has 18 aromatic rings. The molecule has 0 aliphatic rings. The van der Waals surface area contributed by atoms with Crippen LogP contribution in [-0.2, 0) is 0 Å². The van der Waals surface area contributed by atoms with Gasteiger partial charge in [0.25, 0.3) is 0 Å². The zero-order valence-electron chi connectivity index (χ0n) is 49.1. The van der Waals surface area contributed by atoms with Crippen molar-refractivity contribution in [2.45, 2.75) is 0 Å². The topological polar surface area (TPSA) is 35.6 Å². The summed E-state index contributed by atoms with van der Waals surface area (Å²) in [5.41, 5.74) is 21.8. The molecule has 0 saturated heterocycles. The predicted molar refractivity (Wildman–Crippen MR) is 380 cm³/mol. The smallest absolute Gasteiger partial charge is 0.0541 e. The number of rotatable bonds is 8. The van der Waals surface area contributed by atoms with Crippen LogP contribution in [0, 0.1) is 0 Å². The highest BCUT2D eigenvalue weighted by Gasteiger charge is 2.21. The highest BCUT2D eigenvalue weighted by molar-refractivity contribution is 6.23. The highest BCUT2D eigenvalue weighted by atomic mass is 15.0. The lowest BCUT2D eigenvalue weighted by Gasteiger charge is -2.19. The second-order valence-corrected chi connectivity index (χ2v) is 23.2. The van der Waals surface area contributed by atoms with E-state index in [1.165, 1.54) is 153 Å². The van der Waals surface area contributed by atoms with Gasteiger partial charge in [-0.1, -0.05) is 237 Å². The molecule has 0 spiro atoms. The van der Waals surface area contributed by atoms with Crippen LogP contribution in [0.25, 0.3) is 165 Å². The Bertz CT molecular complexity index is 5560. The largest absolute Gasteiger partial charge is 0.309 e. The second-order valence-electron chi connectivity index (χ2n) is 23.2. The second kappa shape index (κ2) is 22.1. The summed E-state index contributed by atoms with van der Waals surface area (Å²) in [4.78, 5) is 8.41. The Balaban J connectivity index is 0.000000139. The average Bonchev–Trinajstić information content (AvgIpc) is 0.845. The Morgan fingerprint density at radius 1 is 0.167 bits per heavy atom. The van der Waals surface area contributed by atoms with Crippen LogP contribution in [0.4, 0.5) is 0 Å². The third-order valence-corrected chi connectivity index (χ3v) is 18.2. The van der Waals surface area contributed by atoms with Crippen molar-refractivity contribution in [1.82, 2.24) is 19.1 Å². The summed E-state index contributed by atoms with van der Waals surface area (Å²) in [5.74, 6) is 0. The summed E-state index contributed by atoms with van der Waals surface area (Å²) < 4.78 is 4.80. The fourth-order valence-corrected chi connectivity index (χ4v) is 14.3. The first-order valence-corrected chi connectivity index (χ1v) is 30.8. The van der Waals surface area contributed by atoms with Gasteiger partial charge in [-0.25, -0.2) is 0 Å². The van der Waals surface area contributed by atoms with E-state index >= 15 is 0 Å². The third kappa shape index (κ3) is 8.84. The molecular formula is C86H56N4. The van der Waals surface area contributed by atoms with E-state index < -0.39 is 0 Å². The van der Waals surface area contributed by atoms with Crippen LogP contribution < -0.4 is 0 Å². The van der Waals surface area contributed by atoms with Gasteiger partial charge in [0.15, 0.2) is 0 Å². The number of nitrogens with zero attached hydrogens (tertiary/aromatic N) is 4. The maximum Gasteiger partial charge on any atom is 0.0541 e. The van der Waals surface area contributed by atoms with E-state index in [-0.39, 0.29) is 0 Å². The van der Waals surface area contributed by atoms with Gasteiger partial charge in [-0.3, -0.25) is 9.97 Å². The molecular weight excluding hydrogens is 1090 g/mol. The summed E-state index contributed by atoms with van der Waals surface area (Å²) in [6.07, 6.45) is 7.41. The molecule has 0 unspecified atom stereocenters. The van der Waals surface area contributed by atoms with Crippen molar-refractivity contribution < 1.29 is 0 Å². The molecule has 0 saturated carbocycles. The predicted octanol–water partition coefficient (Wildman–Crippen LogP) is 23.0. The van der Waals surface area contributed by atoms with E-state index in [0.717, 1.165) is 11.4 Å². The summed E-state index contributed by atoms with van der Waals surface area (Å²) in [5, 5.41) is 15.1. The van der Waals surface area contributed by atoms with Crippen LogP contribution in [0.15, 0.2) is 340 Å². The minimum atomic E-state index is 1.16. The van der Waals surface area contributed by atoms with Gasteiger partial charge in [0, 0.05) is 57.7 Å². The van der Waals surface area contributed by atoms with Gasteiger partial charge in [-0.2, -0.15) is 0 Å². The third-order valence-electron chi connectivity index (χ3n) is 18.2. The first-order chi connectivity index (χ1) is 44.7. The van der Waals surface area contributed by atoms with Gasteiger partial charge in [-0.15, -0.1) is 0 Å². The first-order valence-electron chi connectivity index (χ1n) is 30.8. The van der Waals surface area contributed by atoms with Gasteiger partial charge in [0.1, 0.15) is 0 Å². The number of pyridine rings is 2. The monoisotopic (exact) mass is 1140 g/mol. The van der Waals surface area contributed by atoms with Crippen molar-refractivity contribution in [2.24, 2.45) is 0 Å². The van der Waals surface area contributed by atoms with E-state index in [1.54, 1.807) is 0 Å². The van der Waals surface area contributed by atoms with Crippen LogP contribution in [0.3, 0.4) is 0 Å². The average molecular weight is 1150 g/mol. The van der Waals surface area contributed by atoms with Crippen molar-refractivity contribution in [3.05, 3.63) is 340 Å². The quantitative estimate of drug-likeness (QED) is 0.142. The molecule has 0 aliphatic carbocycles. The number of fused-ring (bicyclic) bond motifs is 10. The van der Waals surface area contributed by atoms with Crippen LogP contribution in [0.2, 0.25) is 0 Å². The number of para-hydroxylation sites is 4. The molecule has 0 N–H and O–H groups in total.